The molecule has 1 amide bonds. The van der Waals surface area contributed by atoms with Crippen molar-refractivity contribution in [2.45, 2.75) is 39.3 Å². The fourth-order valence-electron chi connectivity index (χ4n) is 1.99. The molecule has 7 heteroatoms. The van der Waals surface area contributed by atoms with Crippen LogP contribution in [0.3, 0.4) is 0 Å². The third-order valence-electron chi connectivity index (χ3n) is 3.04. The first kappa shape index (κ1) is 17.7. The van der Waals surface area contributed by atoms with Crippen LogP contribution < -0.4 is 5.32 Å². The van der Waals surface area contributed by atoms with Gasteiger partial charge < -0.3 is 10.1 Å². The molecular formula is C17H22N4O3. The van der Waals surface area contributed by atoms with Crippen LogP contribution in [0.4, 0.5) is 4.79 Å². The van der Waals surface area contributed by atoms with Crippen LogP contribution in [-0.2, 0) is 11.3 Å². The van der Waals surface area contributed by atoms with Crippen molar-refractivity contribution < 1.29 is 14.3 Å². The second-order valence-electron chi connectivity index (χ2n) is 6.34. The zero-order valence-electron chi connectivity index (χ0n) is 14.2. The van der Waals surface area contributed by atoms with E-state index < -0.39 is 11.7 Å². The number of nitrogens with one attached hydrogen (secondary N) is 1. The maximum Gasteiger partial charge on any atom is 0.407 e. The van der Waals surface area contributed by atoms with Gasteiger partial charge in [0, 0.05) is 18.7 Å². The lowest BCUT2D eigenvalue weighted by Gasteiger charge is -2.19. The first-order valence-electron chi connectivity index (χ1n) is 7.82. The molecule has 24 heavy (non-hydrogen) atoms. The minimum atomic E-state index is -0.511. The molecule has 2 rings (SSSR count). The lowest BCUT2D eigenvalue weighted by molar-refractivity contribution is 0.0526. The lowest BCUT2D eigenvalue weighted by Crippen LogP contribution is -2.33. The number of hydrogen-bond acceptors (Lipinski definition) is 5. The Kier molecular flexibility index (Phi) is 5.68. The highest BCUT2D eigenvalue weighted by molar-refractivity contribution is 6.07. The number of nitrogens with zero attached hydrogens (tertiary/aromatic N) is 3. The number of amides is 1. The van der Waals surface area contributed by atoms with Crippen molar-refractivity contribution in [3.8, 4) is 0 Å². The number of ketones is 1. The number of rotatable bonds is 6. The molecule has 0 aliphatic carbocycles. The summed E-state index contributed by atoms with van der Waals surface area (Å²) in [7, 11) is 0. The molecule has 0 aliphatic heterocycles. The molecular weight excluding hydrogens is 308 g/mol. The molecule has 1 aromatic heterocycles. The van der Waals surface area contributed by atoms with Crippen LogP contribution in [0.1, 0.15) is 43.2 Å². The van der Waals surface area contributed by atoms with Gasteiger partial charge in [-0.3, -0.25) is 9.48 Å². The quantitative estimate of drug-likeness (QED) is 0.649. The van der Waals surface area contributed by atoms with Gasteiger partial charge in [-0.25, -0.2) is 4.79 Å². The molecule has 1 N–H and O–H groups in total. The Hall–Kier alpha value is -2.70. The van der Waals surface area contributed by atoms with Crippen LogP contribution >= 0.6 is 0 Å². The molecule has 128 valence electrons. The van der Waals surface area contributed by atoms with E-state index in [0.717, 1.165) is 0 Å². The summed E-state index contributed by atoms with van der Waals surface area (Å²) < 4.78 is 6.74. The summed E-state index contributed by atoms with van der Waals surface area (Å²) in [4.78, 5) is 23.7. The normalized spacial score (nSPS) is 11.1. The van der Waals surface area contributed by atoms with Gasteiger partial charge in [0.2, 0.25) is 5.78 Å². The Morgan fingerprint density at radius 3 is 2.58 bits per heavy atom. The van der Waals surface area contributed by atoms with Crippen molar-refractivity contribution in [1.29, 1.82) is 0 Å². The Morgan fingerprint density at radius 1 is 1.21 bits per heavy atom. The summed E-state index contributed by atoms with van der Waals surface area (Å²) in [5.74, 6) is -0.159. The zero-order valence-corrected chi connectivity index (χ0v) is 14.2. The van der Waals surface area contributed by atoms with E-state index in [9.17, 15) is 9.59 Å². The zero-order chi connectivity index (χ0) is 17.6. The Labute approximate surface area is 141 Å². The topological polar surface area (TPSA) is 86.1 Å². The highest BCUT2D eigenvalue weighted by atomic mass is 16.6. The van der Waals surface area contributed by atoms with E-state index in [0.29, 0.717) is 30.8 Å². The Balaban J connectivity index is 1.78. The molecule has 0 saturated carbocycles. The number of aryl methyl sites for hydroxylation is 1. The van der Waals surface area contributed by atoms with E-state index in [2.05, 4.69) is 15.6 Å². The van der Waals surface area contributed by atoms with Crippen LogP contribution in [0.2, 0.25) is 0 Å². The van der Waals surface area contributed by atoms with Crippen LogP contribution in [-0.4, -0.2) is 39.0 Å². The maximum atomic E-state index is 12.2. The van der Waals surface area contributed by atoms with Crippen molar-refractivity contribution in [1.82, 2.24) is 20.3 Å². The average molecular weight is 330 g/mol. The molecule has 0 aliphatic rings. The average Bonchev–Trinajstić information content (AvgIpc) is 2.99. The third kappa shape index (κ3) is 5.49. The van der Waals surface area contributed by atoms with Crippen LogP contribution in [0.15, 0.2) is 36.5 Å². The molecule has 7 nitrogen and oxygen atoms in total. The van der Waals surface area contributed by atoms with Crippen molar-refractivity contribution in [2.24, 2.45) is 0 Å². The van der Waals surface area contributed by atoms with Gasteiger partial charge in [-0.1, -0.05) is 35.5 Å². The molecule has 0 bridgehead atoms. The summed E-state index contributed by atoms with van der Waals surface area (Å²) >= 11 is 0. The van der Waals surface area contributed by atoms with E-state index >= 15 is 0 Å². The lowest BCUT2D eigenvalue weighted by atomic mass is 10.1. The van der Waals surface area contributed by atoms with Crippen LogP contribution in [0.25, 0.3) is 0 Å². The monoisotopic (exact) mass is 330 g/mol. The Morgan fingerprint density at radius 2 is 1.92 bits per heavy atom. The van der Waals surface area contributed by atoms with E-state index in [1.165, 1.54) is 0 Å². The van der Waals surface area contributed by atoms with Gasteiger partial charge in [-0.05, 0) is 27.2 Å². The van der Waals surface area contributed by atoms with Gasteiger partial charge in [-0.2, -0.15) is 0 Å². The number of carbonyl (C=O) groups excluding carboxylic acids is 2. The van der Waals surface area contributed by atoms with Gasteiger partial charge in [0.25, 0.3) is 0 Å². The minimum Gasteiger partial charge on any atom is -0.444 e. The highest BCUT2D eigenvalue weighted by Gasteiger charge is 2.15. The highest BCUT2D eigenvalue weighted by Crippen LogP contribution is 2.07. The molecule has 1 aromatic carbocycles. The van der Waals surface area contributed by atoms with Gasteiger partial charge in [-0.15, -0.1) is 5.10 Å². The van der Waals surface area contributed by atoms with E-state index in [1.807, 2.05) is 26.8 Å². The predicted molar refractivity (Wildman–Crippen MR) is 88.8 cm³/mol. The molecule has 2 aromatic rings. The van der Waals surface area contributed by atoms with E-state index in [-0.39, 0.29) is 5.78 Å². The van der Waals surface area contributed by atoms with Crippen LogP contribution in [0, 0.1) is 0 Å². The van der Waals surface area contributed by atoms with Crippen molar-refractivity contribution in [3.63, 3.8) is 0 Å². The fourth-order valence-corrected chi connectivity index (χ4v) is 1.99. The smallest absolute Gasteiger partial charge is 0.407 e. The second kappa shape index (κ2) is 7.72. The number of carbonyl (C=O) groups is 2. The molecule has 0 atom stereocenters. The SMILES string of the molecule is CC(C)(C)OC(=O)NCCCn1cc(C(=O)c2ccccc2)nn1. The molecule has 0 saturated heterocycles. The van der Waals surface area contributed by atoms with Gasteiger partial charge in [0.05, 0.1) is 6.20 Å². The molecule has 1 heterocycles. The van der Waals surface area contributed by atoms with Gasteiger partial charge in [0.15, 0.2) is 5.69 Å². The first-order valence-corrected chi connectivity index (χ1v) is 7.82. The largest absolute Gasteiger partial charge is 0.444 e. The number of ether oxygens (including phenoxy) is 1. The molecule has 0 radical (unpaired) electrons. The first-order chi connectivity index (χ1) is 11.3. The number of aromatic nitrogens is 3. The van der Waals surface area contributed by atoms with Crippen molar-refractivity contribution in [3.05, 3.63) is 47.8 Å². The van der Waals surface area contributed by atoms with Gasteiger partial charge >= 0.3 is 6.09 Å². The van der Waals surface area contributed by atoms with E-state index in [4.69, 9.17) is 4.74 Å². The summed E-state index contributed by atoms with van der Waals surface area (Å²) in [6, 6.07) is 8.95. The number of benzene rings is 1. The summed E-state index contributed by atoms with van der Waals surface area (Å²) in [6.07, 6.45) is 1.82. The molecule has 0 fully saturated rings. The maximum absolute atomic E-state index is 12.2. The fraction of sp³-hybridized carbons (Fsp3) is 0.412. The second-order valence-corrected chi connectivity index (χ2v) is 6.34. The summed E-state index contributed by atoms with van der Waals surface area (Å²) in [5.41, 5.74) is 0.375. The van der Waals surface area contributed by atoms with E-state index in [1.54, 1.807) is 35.1 Å². The number of hydrogen-bond donors (Lipinski definition) is 1. The van der Waals surface area contributed by atoms with Crippen LogP contribution in [0.5, 0.6) is 0 Å². The van der Waals surface area contributed by atoms with Gasteiger partial charge in [0.1, 0.15) is 5.60 Å². The standard InChI is InChI=1S/C17H22N4O3/c1-17(2,3)24-16(23)18-10-7-11-21-12-14(19-20-21)15(22)13-8-5-4-6-9-13/h4-6,8-9,12H,7,10-11H2,1-3H3,(H,18,23). The summed E-state index contributed by atoms with van der Waals surface area (Å²) in [5, 5.41) is 10.5. The number of alkyl carbamates (subject to hydrolysis) is 1. The third-order valence-corrected chi connectivity index (χ3v) is 3.04. The minimum absolute atomic E-state index is 0.159. The Bertz CT molecular complexity index is 689. The molecule has 0 spiro atoms. The summed E-state index contributed by atoms with van der Waals surface area (Å²) in [6.45, 7) is 6.44. The predicted octanol–water partition coefficient (Wildman–Crippen LogP) is 2.42. The van der Waals surface area contributed by atoms with Crippen molar-refractivity contribution >= 4 is 11.9 Å². The van der Waals surface area contributed by atoms with Crippen molar-refractivity contribution in [2.75, 3.05) is 6.54 Å². The molecule has 0 unspecified atom stereocenters.